The van der Waals surface area contributed by atoms with Crippen LogP contribution in [0.4, 0.5) is 0 Å². The number of methoxy groups -OCH3 is 2. The molecule has 0 unspecified atom stereocenters. The largest absolute Gasteiger partial charge is 0.497 e. The lowest BCUT2D eigenvalue weighted by atomic mass is 10.1. The van der Waals surface area contributed by atoms with Crippen LogP contribution in [0, 0.1) is 0 Å². The average molecular weight is 396 g/mol. The molecule has 0 bridgehead atoms. The zero-order chi connectivity index (χ0) is 19.7. The Balaban J connectivity index is 1.97. The number of hydrazone groups is 1. The predicted octanol–water partition coefficient (Wildman–Crippen LogP) is 1.60. The number of rotatable bonds is 4. The van der Waals surface area contributed by atoms with Gasteiger partial charge in [-0.15, -0.1) is 5.10 Å². The second-order valence-corrected chi connectivity index (χ2v) is 7.37. The Hall–Kier alpha value is -3.00. The van der Waals surface area contributed by atoms with E-state index in [0.29, 0.717) is 22.4 Å². The number of amides is 1. The standard InChI is InChI=1S/C20H20N4O3S/c1-4-28-20-22-19(25)17-13-7-5-6-8-15(13)21-18(24(17)23-20)14-11-12(26-2)9-10-16(14)27-3/h5-11,18H,4H2,1-3H3,(H,22,23,25)/t18-/m0/s1. The Bertz CT molecular complexity index is 1080. The molecule has 7 nitrogen and oxygen atoms in total. The molecule has 4 rings (SSSR count). The van der Waals surface area contributed by atoms with E-state index in [9.17, 15) is 4.79 Å². The van der Waals surface area contributed by atoms with Gasteiger partial charge >= 0.3 is 0 Å². The normalized spacial score (nSPS) is 17.8. The molecule has 0 spiro atoms. The first-order chi connectivity index (χ1) is 13.7. The summed E-state index contributed by atoms with van der Waals surface area (Å²) in [5.74, 6) is 1.93. The highest BCUT2D eigenvalue weighted by atomic mass is 32.2. The first-order valence-corrected chi connectivity index (χ1v) is 9.86. The highest BCUT2D eigenvalue weighted by Crippen LogP contribution is 2.37. The van der Waals surface area contributed by atoms with Gasteiger partial charge < -0.3 is 9.47 Å². The second-order valence-electron chi connectivity index (χ2n) is 6.11. The third-order valence-corrected chi connectivity index (χ3v) is 5.26. The lowest BCUT2D eigenvalue weighted by molar-refractivity contribution is -0.116. The fourth-order valence-electron chi connectivity index (χ4n) is 3.27. The van der Waals surface area contributed by atoms with Crippen LogP contribution in [0.5, 0.6) is 11.5 Å². The Kier molecular flexibility index (Phi) is 4.95. The molecule has 144 valence electrons. The van der Waals surface area contributed by atoms with Gasteiger partial charge in [0.2, 0.25) is 0 Å². The molecule has 0 saturated heterocycles. The van der Waals surface area contributed by atoms with E-state index in [1.807, 2.05) is 49.4 Å². The van der Waals surface area contributed by atoms with Gasteiger partial charge in [-0.1, -0.05) is 36.9 Å². The molecule has 2 aliphatic rings. The quantitative estimate of drug-likeness (QED) is 0.850. The Morgan fingerprint density at radius 3 is 2.75 bits per heavy atom. The molecule has 0 aliphatic carbocycles. The molecule has 0 radical (unpaired) electrons. The molecule has 28 heavy (non-hydrogen) atoms. The second kappa shape index (κ2) is 7.55. The van der Waals surface area contributed by atoms with E-state index < -0.39 is 6.17 Å². The molecular weight excluding hydrogens is 376 g/mol. The number of carbonyl (C=O) groups is 1. The number of hydrogen-bond acceptors (Lipinski definition) is 7. The highest BCUT2D eigenvalue weighted by molar-refractivity contribution is 8.13. The predicted molar refractivity (Wildman–Crippen MR) is 108 cm³/mol. The van der Waals surface area contributed by atoms with Crippen LogP contribution < -0.4 is 25.4 Å². The SMILES string of the molecule is CCSC1=NN2C(=c3ccccc3=N[C@@H]2c2cc(OC)ccc2OC)C(=O)N1. The Morgan fingerprint density at radius 2 is 2.00 bits per heavy atom. The number of carbonyl (C=O) groups excluding carboxylic acids is 1. The topological polar surface area (TPSA) is 75.5 Å². The number of hydrogen-bond donors (Lipinski definition) is 1. The monoisotopic (exact) mass is 396 g/mol. The van der Waals surface area contributed by atoms with E-state index in [2.05, 4.69) is 10.4 Å². The number of para-hydroxylation sites is 1. The summed E-state index contributed by atoms with van der Waals surface area (Å²) in [6, 6.07) is 13.1. The maximum absolute atomic E-state index is 12.9. The summed E-state index contributed by atoms with van der Waals surface area (Å²) in [5.41, 5.74) is 1.24. The molecule has 2 heterocycles. The van der Waals surface area contributed by atoms with Crippen molar-refractivity contribution in [3.05, 3.63) is 58.6 Å². The fraction of sp³-hybridized carbons (Fsp3) is 0.250. The van der Waals surface area contributed by atoms with Gasteiger partial charge in [0.1, 0.15) is 17.2 Å². The molecule has 2 aromatic carbocycles. The molecule has 2 aromatic rings. The van der Waals surface area contributed by atoms with Crippen molar-refractivity contribution >= 4 is 28.5 Å². The van der Waals surface area contributed by atoms with Crippen molar-refractivity contribution in [3.8, 4) is 11.5 Å². The maximum Gasteiger partial charge on any atom is 0.276 e. The van der Waals surface area contributed by atoms with Gasteiger partial charge in [-0.25, -0.2) is 5.01 Å². The Morgan fingerprint density at radius 1 is 1.18 bits per heavy atom. The van der Waals surface area contributed by atoms with Crippen LogP contribution in [0.1, 0.15) is 18.7 Å². The zero-order valence-electron chi connectivity index (χ0n) is 15.8. The summed E-state index contributed by atoms with van der Waals surface area (Å²) in [6.45, 7) is 2.01. The van der Waals surface area contributed by atoms with Gasteiger partial charge in [-0.3, -0.25) is 15.1 Å². The van der Waals surface area contributed by atoms with Crippen molar-refractivity contribution in [1.82, 2.24) is 10.3 Å². The molecule has 8 heteroatoms. The van der Waals surface area contributed by atoms with Gasteiger partial charge in [0.25, 0.3) is 5.91 Å². The smallest absolute Gasteiger partial charge is 0.276 e. The highest BCUT2D eigenvalue weighted by Gasteiger charge is 2.35. The third kappa shape index (κ3) is 3.09. The molecule has 1 atom stereocenters. The van der Waals surface area contributed by atoms with Crippen molar-refractivity contribution in [2.45, 2.75) is 13.1 Å². The first kappa shape index (κ1) is 18.4. The summed E-state index contributed by atoms with van der Waals surface area (Å²) in [5, 5.41) is 11.3. The van der Waals surface area contributed by atoms with Gasteiger partial charge in [-0.2, -0.15) is 0 Å². The molecule has 1 N–H and O–H groups in total. The number of nitrogens with one attached hydrogen (secondary N) is 1. The fourth-order valence-corrected chi connectivity index (χ4v) is 3.86. The van der Waals surface area contributed by atoms with Crippen molar-refractivity contribution < 1.29 is 14.3 Å². The summed E-state index contributed by atoms with van der Waals surface area (Å²) in [4.78, 5) is 17.8. The molecule has 0 fully saturated rings. The first-order valence-electron chi connectivity index (χ1n) is 8.87. The zero-order valence-corrected chi connectivity index (χ0v) is 16.6. The molecule has 1 amide bonds. The van der Waals surface area contributed by atoms with E-state index in [4.69, 9.17) is 14.5 Å². The van der Waals surface area contributed by atoms with Crippen LogP contribution in [-0.2, 0) is 4.79 Å². The van der Waals surface area contributed by atoms with Crippen molar-refractivity contribution in [1.29, 1.82) is 0 Å². The molecule has 0 aromatic heterocycles. The van der Waals surface area contributed by atoms with E-state index >= 15 is 0 Å². The van der Waals surface area contributed by atoms with Crippen LogP contribution >= 0.6 is 11.8 Å². The third-order valence-electron chi connectivity index (χ3n) is 4.51. The summed E-state index contributed by atoms with van der Waals surface area (Å²) < 4.78 is 11.0. The van der Waals surface area contributed by atoms with Crippen LogP contribution in [0.2, 0.25) is 0 Å². The van der Waals surface area contributed by atoms with Crippen LogP contribution in [0.3, 0.4) is 0 Å². The molecule has 0 saturated carbocycles. The summed E-state index contributed by atoms with van der Waals surface area (Å²) >= 11 is 1.47. The van der Waals surface area contributed by atoms with E-state index in [1.54, 1.807) is 19.2 Å². The Labute approximate surface area is 166 Å². The van der Waals surface area contributed by atoms with Crippen LogP contribution in [-0.4, -0.2) is 36.1 Å². The maximum atomic E-state index is 12.9. The van der Waals surface area contributed by atoms with Crippen LogP contribution in [0.25, 0.3) is 5.70 Å². The minimum absolute atomic E-state index is 0.194. The number of amidine groups is 1. The van der Waals surface area contributed by atoms with Crippen molar-refractivity contribution in [2.75, 3.05) is 20.0 Å². The molecular formula is C20H20N4O3S. The average Bonchev–Trinajstić information content (AvgIpc) is 2.72. The van der Waals surface area contributed by atoms with Gasteiger partial charge in [0.05, 0.1) is 19.6 Å². The number of benzene rings is 2. The lowest BCUT2D eigenvalue weighted by Crippen LogP contribution is -2.50. The van der Waals surface area contributed by atoms with Gasteiger partial charge in [0.15, 0.2) is 11.3 Å². The number of ether oxygens (including phenoxy) is 2. The minimum Gasteiger partial charge on any atom is -0.497 e. The van der Waals surface area contributed by atoms with Gasteiger partial charge in [0, 0.05) is 10.8 Å². The van der Waals surface area contributed by atoms with Crippen LogP contribution in [0.15, 0.2) is 52.6 Å². The summed E-state index contributed by atoms with van der Waals surface area (Å²) in [6.07, 6.45) is -0.548. The van der Waals surface area contributed by atoms with Crippen molar-refractivity contribution in [2.24, 2.45) is 10.1 Å². The minimum atomic E-state index is -0.548. The molecule has 2 aliphatic heterocycles. The number of thioether (sulfide) groups is 1. The number of fused-ring (bicyclic) bond motifs is 2. The van der Waals surface area contributed by atoms with E-state index in [0.717, 1.165) is 21.9 Å². The van der Waals surface area contributed by atoms with E-state index in [-0.39, 0.29) is 5.91 Å². The number of nitrogens with zero attached hydrogens (tertiary/aromatic N) is 3. The van der Waals surface area contributed by atoms with Gasteiger partial charge in [-0.05, 0) is 30.0 Å². The lowest BCUT2D eigenvalue weighted by Gasteiger charge is -2.34. The van der Waals surface area contributed by atoms with Crippen molar-refractivity contribution in [3.63, 3.8) is 0 Å². The summed E-state index contributed by atoms with van der Waals surface area (Å²) in [7, 11) is 3.22. The van der Waals surface area contributed by atoms with E-state index in [1.165, 1.54) is 11.8 Å².